The van der Waals surface area contributed by atoms with Crippen LogP contribution in [0.4, 0.5) is 4.79 Å². The van der Waals surface area contributed by atoms with Crippen LogP contribution < -0.4 is 16.4 Å². The van der Waals surface area contributed by atoms with E-state index >= 15 is 0 Å². The molecule has 6 nitrogen and oxygen atoms in total. The van der Waals surface area contributed by atoms with Crippen LogP contribution in [0.5, 0.6) is 5.75 Å². The summed E-state index contributed by atoms with van der Waals surface area (Å²) in [5.41, 5.74) is 6.48. The lowest BCUT2D eigenvalue weighted by atomic mass is 10.1. The Morgan fingerprint density at radius 1 is 1.32 bits per heavy atom. The number of imide groups is 1. The van der Waals surface area contributed by atoms with Crippen molar-refractivity contribution < 1.29 is 14.7 Å². The molecule has 5 N–H and O–H groups in total. The molecule has 0 aliphatic carbocycles. The molecule has 1 atom stereocenters. The summed E-state index contributed by atoms with van der Waals surface area (Å²) in [6.45, 7) is 0.272. The number of phenols is 1. The van der Waals surface area contributed by atoms with Crippen LogP contribution in [-0.2, 0) is 11.2 Å². The van der Waals surface area contributed by atoms with Gasteiger partial charge in [0.25, 0.3) is 0 Å². The van der Waals surface area contributed by atoms with Gasteiger partial charge < -0.3 is 16.2 Å². The lowest BCUT2D eigenvalue weighted by molar-refractivity contribution is -0.121. The van der Waals surface area contributed by atoms with E-state index < -0.39 is 18.0 Å². The summed E-state index contributed by atoms with van der Waals surface area (Å²) in [6.07, 6.45) is 0.273. The van der Waals surface area contributed by atoms with Crippen molar-refractivity contribution in [1.82, 2.24) is 10.6 Å². The molecule has 0 bridgehead atoms. The Bertz CT molecular complexity index is 436. The number of hydrogen-bond donors (Lipinski definition) is 4. The zero-order valence-electron chi connectivity index (χ0n) is 10.2. The highest BCUT2D eigenvalue weighted by molar-refractivity contribution is 6.18. The van der Waals surface area contributed by atoms with Gasteiger partial charge in [-0.25, -0.2) is 4.79 Å². The largest absolute Gasteiger partial charge is 0.508 e. The molecule has 0 radical (unpaired) electrons. The van der Waals surface area contributed by atoms with Crippen LogP contribution in [0.15, 0.2) is 24.3 Å². The minimum absolute atomic E-state index is 0.141. The summed E-state index contributed by atoms with van der Waals surface area (Å²) in [6, 6.07) is 4.88. The molecule has 0 spiro atoms. The van der Waals surface area contributed by atoms with E-state index in [0.717, 1.165) is 5.56 Å². The number of halogens is 1. The SMILES string of the molecule is N[C@@H](Cc1ccc(O)cc1)C(=O)NC(=O)NCCCl. The first-order valence-electron chi connectivity index (χ1n) is 5.71. The third-order valence-electron chi connectivity index (χ3n) is 2.35. The lowest BCUT2D eigenvalue weighted by Crippen LogP contribution is -2.48. The third kappa shape index (κ3) is 5.58. The first kappa shape index (κ1) is 15.3. The second-order valence-corrected chi connectivity index (χ2v) is 4.29. The van der Waals surface area contributed by atoms with Gasteiger partial charge in [0, 0.05) is 12.4 Å². The van der Waals surface area contributed by atoms with E-state index in [2.05, 4.69) is 10.6 Å². The van der Waals surface area contributed by atoms with Gasteiger partial charge in [0.15, 0.2) is 0 Å². The van der Waals surface area contributed by atoms with Crippen molar-refractivity contribution in [3.8, 4) is 5.75 Å². The maximum Gasteiger partial charge on any atom is 0.321 e. The average molecular weight is 286 g/mol. The quantitative estimate of drug-likeness (QED) is 0.585. The number of benzene rings is 1. The summed E-state index contributed by atoms with van der Waals surface area (Å²) in [5, 5.41) is 13.6. The molecule has 3 amide bonds. The second kappa shape index (κ2) is 7.60. The van der Waals surface area contributed by atoms with Crippen LogP contribution in [0, 0.1) is 0 Å². The predicted molar refractivity (Wildman–Crippen MR) is 72.0 cm³/mol. The van der Waals surface area contributed by atoms with Crippen molar-refractivity contribution in [2.45, 2.75) is 12.5 Å². The minimum Gasteiger partial charge on any atom is -0.508 e. The van der Waals surface area contributed by atoms with Crippen LogP contribution in [0.25, 0.3) is 0 Å². The van der Waals surface area contributed by atoms with Gasteiger partial charge in [-0.2, -0.15) is 0 Å². The van der Waals surface area contributed by atoms with E-state index in [9.17, 15) is 9.59 Å². The van der Waals surface area contributed by atoms with E-state index in [0.29, 0.717) is 0 Å². The molecule has 0 unspecified atom stereocenters. The van der Waals surface area contributed by atoms with Crippen LogP contribution in [-0.4, -0.2) is 35.5 Å². The Labute approximate surface area is 115 Å². The molecule has 0 fully saturated rings. The number of amides is 3. The number of rotatable bonds is 5. The highest BCUT2D eigenvalue weighted by Gasteiger charge is 2.16. The van der Waals surface area contributed by atoms with Crippen molar-refractivity contribution >= 4 is 23.5 Å². The third-order valence-corrected chi connectivity index (χ3v) is 2.53. The van der Waals surface area contributed by atoms with Crippen LogP contribution in [0.2, 0.25) is 0 Å². The van der Waals surface area contributed by atoms with Gasteiger partial charge in [0.2, 0.25) is 5.91 Å². The lowest BCUT2D eigenvalue weighted by Gasteiger charge is -2.12. The molecule has 0 aromatic heterocycles. The molecule has 1 aromatic carbocycles. The summed E-state index contributed by atoms with van der Waals surface area (Å²) in [5.74, 6) is -0.163. The normalized spacial score (nSPS) is 11.7. The number of hydrogen-bond acceptors (Lipinski definition) is 4. The van der Waals surface area contributed by atoms with Crippen LogP contribution >= 0.6 is 11.6 Å². The molecule has 1 aromatic rings. The highest BCUT2D eigenvalue weighted by Crippen LogP contribution is 2.10. The van der Waals surface area contributed by atoms with Gasteiger partial charge >= 0.3 is 6.03 Å². The Kier molecular flexibility index (Phi) is 6.11. The number of nitrogens with two attached hydrogens (primary N) is 1. The van der Waals surface area contributed by atoms with Crippen molar-refractivity contribution in [2.24, 2.45) is 5.73 Å². The maximum atomic E-state index is 11.6. The van der Waals surface area contributed by atoms with E-state index in [1.165, 1.54) is 12.1 Å². The van der Waals surface area contributed by atoms with E-state index in [1.807, 2.05) is 0 Å². The van der Waals surface area contributed by atoms with Crippen molar-refractivity contribution in [3.05, 3.63) is 29.8 Å². The number of urea groups is 1. The van der Waals surface area contributed by atoms with Crippen molar-refractivity contribution in [1.29, 1.82) is 0 Å². The number of phenolic OH excluding ortho intramolecular Hbond substituents is 1. The number of carbonyl (C=O) groups excluding carboxylic acids is 2. The van der Waals surface area contributed by atoms with Crippen molar-refractivity contribution in [3.63, 3.8) is 0 Å². The van der Waals surface area contributed by atoms with E-state index in [4.69, 9.17) is 22.4 Å². The second-order valence-electron chi connectivity index (χ2n) is 3.91. The zero-order valence-corrected chi connectivity index (χ0v) is 11.0. The summed E-state index contributed by atoms with van der Waals surface area (Å²) >= 11 is 5.39. The Hall–Kier alpha value is -1.79. The monoisotopic (exact) mass is 285 g/mol. The number of nitrogens with one attached hydrogen (secondary N) is 2. The fourth-order valence-corrected chi connectivity index (χ4v) is 1.48. The summed E-state index contributed by atoms with van der Waals surface area (Å²) in [4.78, 5) is 22.8. The molecule has 0 saturated carbocycles. The molecule has 104 valence electrons. The first-order valence-corrected chi connectivity index (χ1v) is 6.24. The topological polar surface area (TPSA) is 104 Å². The van der Waals surface area contributed by atoms with Crippen LogP contribution in [0.1, 0.15) is 5.56 Å². The van der Waals surface area contributed by atoms with Gasteiger partial charge in [-0.3, -0.25) is 10.1 Å². The molecule has 0 aliphatic rings. The molecular weight excluding hydrogens is 270 g/mol. The highest BCUT2D eigenvalue weighted by atomic mass is 35.5. The Morgan fingerprint density at radius 2 is 1.95 bits per heavy atom. The molecular formula is C12H16ClN3O3. The molecule has 0 heterocycles. The van der Waals surface area contributed by atoms with Gasteiger partial charge in [-0.15, -0.1) is 11.6 Å². The first-order chi connectivity index (χ1) is 9.02. The Balaban J connectivity index is 2.44. The van der Waals surface area contributed by atoms with Gasteiger partial charge in [-0.05, 0) is 24.1 Å². The number of aromatic hydroxyl groups is 1. The number of alkyl halides is 1. The van der Waals surface area contributed by atoms with Gasteiger partial charge in [0.1, 0.15) is 5.75 Å². The summed E-state index contributed by atoms with van der Waals surface area (Å²) < 4.78 is 0. The maximum absolute atomic E-state index is 11.6. The molecule has 0 aliphatic heterocycles. The Morgan fingerprint density at radius 3 is 2.53 bits per heavy atom. The summed E-state index contributed by atoms with van der Waals surface area (Å²) in [7, 11) is 0. The fourth-order valence-electron chi connectivity index (χ4n) is 1.39. The predicted octanol–water partition coefficient (Wildman–Crippen LogP) is 0.327. The zero-order chi connectivity index (χ0) is 14.3. The minimum atomic E-state index is -0.841. The standard InChI is InChI=1S/C12H16ClN3O3/c13-5-6-15-12(19)16-11(18)10(14)7-8-1-3-9(17)4-2-8/h1-4,10,17H,5-7,14H2,(H2,15,16,18,19)/t10-/m0/s1. The molecule has 0 saturated heterocycles. The van der Waals surface area contributed by atoms with E-state index in [-0.39, 0.29) is 24.6 Å². The van der Waals surface area contributed by atoms with Gasteiger partial charge in [0.05, 0.1) is 6.04 Å². The van der Waals surface area contributed by atoms with Gasteiger partial charge in [-0.1, -0.05) is 12.1 Å². The smallest absolute Gasteiger partial charge is 0.321 e. The van der Waals surface area contributed by atoms with Crippen LogP contribution in [0.3, 0.4) is 0 Å². The molecule has 1 rings (SSSR count). The van der Waals surface area contributed by atoms with Crippen molar-refractivity contribution in [2.75, 3.05) is 12.4 Å². The molecule has 19 heavy (non-hydrogen) atoms. The average Bonchev–Trinajstić information content (AvgIpc) is 2.39. The number of carbonyl (C=O) groups is 2. The van der Waals surface area contributed by atoms with E-state index in [1.54, 1.807) is 12.1 Å². The molecule has 7 heteroatoms. The fraction of sp³-hybridized carbons (Fsp3) is 0.333.